The standard InChI is InChI=1S/C27H31N3O4/c1-19(2)34-26(33)27(17-20-13-15-21(18-28)16-14-20,25(32)29-23-11-7-4-8-12-23)30-24(31)22-9-5-3-6-10-22/h3,5-6,9-10,13-16,19,23H,4,7-8,11-12,17H2,1-2H3,(H,29,32)(H,30,31). The first-order valence-corrected chi connectivity index (χ1v) is 11.7. The van der Waals surface area contributed by atoms with Crippen molar-refractivity contribution in [3.8, 4) is 6.07 Å². The van der Waals surface area contributed by atoms with E-state index in [1.807, 2.05) is 0 Å². The zero-order valence-corrected chi connectivity index (χ0v) is 19.7. The average molecular weight is 462 g/mol. The number of carbonyl (C=O) groups is 3. The summed E-state index contributed by atoms with van der Waals surface area (Å²) in [5.41, 5.74) is -0.566. The maximum Gasteiger partial charge on any atom is 0.342 e. The van der Waals surface area contributed by atoms with E-state index in [4.69, 9.17) is 10.00 Å². The minimum absolute atomic E-state index is 0.0675. The lowest BCUT2D eigenvalue weighted by molar-refractivity contribution is -0.159. The predicted octanol–water partition coefficient (Wildman–Crippen LogP) is 3.67. The van der Waals surface area contributed by atoms with Crippen molar-refractivity contribution in [2.24, 2.45) is 0 Å². The molecule has 1 saturated carbocycles. The molecule has 7 heteroatoms. The normalized spacial score (nSPS) is 15.6. The Morgan fingerprint density at radius 1 is 1.03 bits per heavy atom. The van der Waals surface area contributed by atoms with Crippen LogP contribution in [0.25, 0.3) is 0 Å². The SMILES string of the molecule is CC(C)OC(=O)C(Cc1ccc(C#N)cc1)(NC(=O)c1ccccc1)C(=O)NC1CCCCC1. The highest BCUT2D eigenvalue weighted by atomic mass is 16.5. The molecule has 0 radical (unpaired) electrons. The smallest absolute Gasteiger partial charge is 0.342 e. The topological polar surface area (TPSA) is 108 Å². The van der Waals surface area contributed by atoms with Gasteiger partial charge in [-0.1, -0.05) is 49.6 Å². The number of carbonyl (C=O) groups excluding carboxylic acids is 3. The van der Waals surface area contributed by atoms with Crippen molar-refractivity contribution in [3.05, 3.63) is 71.3 Å². The van der Waals surface area contributed by atoms with Crippen LogP contribution in [0.4, 0.5) is 0 Å². The second-order valence-corrected chi connectivity index (χ2v) is 8.97. The summed E-state index contributed by atoms with van der Waals surface area (Å²) in [6.45, 7) is 3.39. The fourth-order valence-electron chi connectivity index (χ4n) is 4.13. The number of nitrogens with one attached hydrogen (secondary N) is 2. The minimum atomic E-state index is -1.97. The molecule has 2 N–H and O–H groups in total. The van der Waals surface area contributed by atoms with Crippen LogP contribution in [0.3, 0.4) is 0 Å². The Morgan fingerprint density at radius 3 is 2.26 bits per heavy atom. The fraction of sp³-hybridized carbons (Fsp3) is 0.407. The van der Waals surface area contributed by atoms with Crippen LogP contribution >= 0.6 is 0 Å². The third kappa shape index (κ3) is 6.22. The van der Waals surface area contributed by atoms with Crippen LogP contribution in [0, 0.1) is 11.3 Å². The molecule has 1 aliphatic rings. The number of benzene rings is 2. The summed E-state index contributed by atoms with van der Waals surface area (Å²) >= 11 is 0. The Morgan fingerprint density at radius 2 is 1.68 bits per heavy atom. The van der Waals surface area contributed by atoms with Gasteiger partial charge in [0.15, 0.2) is 0 Å². The first kappa shape index (κ1) is 25.0. The molecule has 2 aromatic carbocycles. The van der Waals surface area contributed by atoms with Gasteiger partial charge in [0.25, 0.3) is 11.8 Å². The number of nitrogens with zero attached hydrogens (tertiary/aromatic N) is 1. The van der Waals surface area contributed by atoms with Gasteiger partial charge in [0, 0.05) is 18.0 Å². The van der Waals surface area contributed by atoms with E-state index in [2.05, 4.69) is 16.7 Å². The van der Waals surface area contributed by atoms with E-state index in [1.54, 1.807) is 68.4 Å². The number of hydrogen-bond donors (Lipinski definition) is 2. The molecule has 7 nitrogen and oxygen atoms in total. The number of hydrogen-bond acceptors (Lipinski definition) is 5. The van der Waals surface area contributed by atoms with E-state index < -0.39 is 29.4 Å². The predicted molar refractivity (Wildman–Crippen MR) is 128 cm³/mol. The molecule has 1 fully saturated rings. The molecule has 3 rings (SSSR count). The lowest BCUT2D eigenvalue weighted by Gasteiger charge is -2.34. The van der Waals surface area contributed by atoms with Crippen molar-refractivity contribution >= 4 is 17.8 Å². The molecule has 34 heavy (non-hydrogen) atoms. The van der Waals surface area contributed by atoms with Gasteiger partial charge in [-0.25, -0.2) is 4.79 Å². The summed E-state index contributed by atoms with van der Waals surface area (Å²) in [7, 11) is 0. The van der Waals surface area contributed by atoms with E-state index in [1.165, 1.54) is 0 Å². The molecule has 0 bridgehead atoms. The molecule has 0 saturated heterocycles. The van der Waals surface area contributed by atoms with Gasteiger partial charge in [0.2, 0.25) is 5.54 Å². The molecule has 2 amide bonds. The zero-order valence-electron chi connectivity index (χ0n) is 19.7. The summed E-state index contributed by atoms with van der Waals surface area (Å²) in [6.07, 6.45) is 4.17. The highest BCUT2D eigenvalue weighted by Crippen LogP contribution is 2.23. The molecule has 0 aliphatic heterocycles. The number of amides is 2. The average Bonchev–Trinajstić information content (AvgIpc) is 2.84. The molecular weight excluding hydrogens is 430 g/mol. The maximum atomic E-state index is 13.8. The summed E-state index contributed by atoms with van der Waals surface area (Å²) in [5, 5.41) is 14.9. The molecule has 1 aliphatic carbocycles. The van der Waals surface area contributed by atoms with E-state index >= 15 is 0 Å². The molecule has 0 spiro atoms. The van der Waals surface area contributed by atoms with E-state index in [0.29, 0.717) is 16.7 Å². The fourth-order valence-corrected chi connectivity index (χ4v) is 4.13. The monoisotopic (exact) mass is 461 g/mol. The molecule has 178 valence electrons. The van der Waals surface area contributed by atoms with Gasteiger partial charge in [-0.05, 0) is 56.5 Å². The van der Waals surface area contributed by atoms with Crippen molar-refractivity contribution in [2.45, 2.75) is 70.1 Å². The van der Waals surface area contributed by atoms with Gasteiger partial charge in [0.05, 0.1) is 17.7 Å². The summed E-state index contributed by atoms with van der Waals surface area (Å²) in [4.78, 5) is 40.5. The number of nitriles is 1. The third-order valence-electron chi connectivity index (χ3n) is 5.93. The van der Waals surface area contributed by atoms with Crippen LogP contribution in [-0.4, -0.2) is 35.5 Å². The van der Waals surface area contributed by atoms with Gasteiger partial charge in [0.1, 0.15) is 0 Å². The molecular formula is C27H31N3O4. The van der Waals surface area contributed by atoms with Gasteiger partial charge >= 0.3 is 5.97 Å². The zero-order chi connectivity index (χ0) is 24.6. The molecule has 0 heterocycles. The Bertz CT molecular complexity index is 1040. The quantitative estimate of drug-likeness (QED) is 0.461. The van der Waals surface area contributed by atoms with Crippen molar-refractivity contribution in [1.29, 1.82) is 5.26 Å². The lowest BCUT2D eigenvalue weighted by Crippen LogP contribution is -2.67. The van der Waals surface area contributed by atoms with Crippen LogP contribution in [0.5, 0.6) is 0 Å². The van der Waals surface area contributed by atoms with E-state index in [9.17, 15) is 14.4 Å². The Hall–Kier alpha value is -3.66. The maximum absolute atomic E-state index is 13.8. The Kier molecular flexibility index (Phi) is 8.42. The van der Waals surface area contributed by atoms with E-state index in [-0.39, 0.29) is 12.5 Å². The van der Waals surface area contributed by atoms with Crippen molar-refractivity contribution in [1.82, 2.24) is 10.6 Å². The Labute approximate surface area is 200 Å². The molecule has 2 aromatic rings. The Balaban J connectivity index is 2.02. The van der Waals surface area contributed by atoms with Crippen LogP contribution in [0.1, 0.15) is 67.4 Å². The van der Waals surface area contributed by atoms with Crippen LogP contribution in [0.15, 0.2) is 54.6 Å². The van der Waals surface area contributed by atoms with Crippen LogP contribution in [-0.2, 0) is 20.7 Å². The lowest BCUT2D eigenvalue weighted by atomic mass is 9.87. The third-order valence-corrected chi connectivity index (χ3v) is 5.93. The molecule has 0 aromatic heterocycles. The van der Waals surface area contributed by atoms with Crippen molar-refractivity contribution in [3.63, 3.8) is 0 Å². The number of rotatable bonds is 8. The summed E-state index contributed by atoms with van der Waals surface area (Å²) in [5.74, 6) is -1.95. The van der Waals surface area contributed by atoms with Crippen molar-refractivity contribution < 1.29 is 19.1 Å². The molecule has 1 unspecified atom stereocenters. The van der Waals surface area contributed by atoms with Crippen LogP contribution in [0.2, 0.25) is 0 Å². The van der Waals surface area contributed by atoms with Gasteiger partial charge in [-0.3, -0.25) is 9.59 Å². The summed E-state index contributed by atoms with van der Waals surface area (Å²) in [6, 6.07) is 17.0. The number of ether oxygens (including phenoxy) is 1. The van der Waals surface area contributed by atoms with Crippen LogP contribution < -0.4 is 10.6 Å². The largest absolute Gasteiger partial charge is 0.461 e. The van der Waals surface area contributed by atoms with Gasteiger partial charge in [-0.15, -0.1) is 0 Å². The molecule has 1 atom stereocenters. The highest BCUT2D eigenvalue weighted by Gasteiger charge is 2.50. The van der Waals surface area contributed by atoms with Gasteiger partial charge < -0.3 is 15.4 Å². The van der Waals surface area contributed by atoms with E-state index in [0.717, 1.165) is 32.1 Å². The van der Waals surface area contributed by atoms with Crippen molar-refractivity contribution in [2.75, 3.05) is 0 Å². The first-order valence-electron chi connectivity index (χ1n) is 11.7. The minimum Gasteiger partial charge on any atom is -0.461 e. The second kappa shape index (κ2) is 11.5. The summed E-state index contributed by atoms with van der Waals surface area (Å²) < 4.78 is 5.51. The van der Waals surface area contributed by atoms with Gasteiger partial charge in [-0.2, -0.15) is 5.26 Å². The number of esters is 1. The second-order valence-electron chi connectivity index (χ2n) is 8.97. The highest BCUT2D eigenvalue weighted by molar-refractivity contribution is 6.12. The first-order chi connectivity index (χ1) is 16.3.